The van der Waals surface area contributed by atoms with Gasteiger partial charge in [0.2, 0.25) is 0 Å². The fourth-order valence-electron chi connectivity index (χ4n) is 2.90. The van der Waals surface area contributed by atoms with E-state index in [1.54, 1.807) is 0 Å². The molecule has 134 valence electrons. The van der Waals surface area contributed by atoms with Crippen molar-refractivity contribution >= 4 is 22.9 Å². The number of para-hydroxylation sites is 1. The van der Waals surface area contributed by atoms with Crippen LogP contribution in [0.15, 0.2) is 71.1 Å². The van der Waals surface area contributed by atoms with Gasteiger partial charge in [0.15, 0.2) is 10.8 Å². The van der Waals surface area contributed by atoms with Crippen molar-refractivity contribution in [3.05, 3.63) is 83.1 Å². The first-order valence-corrected chi connectivity index (χ1v) is 9.43. The van der Waals surface area contributed by atoms with Crippen LogP contribution in [-0.4, -0.2) is 10.9 Å². The molecule has 0 atom stereocenters. The van der Waals surface area contributed by atoms with Crippen LogP contribution in [0.2, 0.25) is 0 Å². The van der Waals surface area contributed by atoms with Gasteiger partial charge in [0.25, 0.3) is 5.91 Å². The SMILES string of the molecule is Cc1ccc(-c2nc(C)c(C(=O)Nc3ccccc3-c3ccccc3)s2)o1. The monoisotopic (exact) mass is 374 g/mol. The van der Waals surface area contributed by atoms with Crippen molar-refractivity contribution in [2.45, 2.75) is 13.8 Å². The van der Waals surface area contributed by atoms with E-state index in [9.17, 15) is 4.79 Å². The number of thiazole rings is 1. The van der Waals surface area contributed by atoms with Gasteiger partial charge in [-0.2, -0.15) is 0 Å². The summed E-state index contributed by atoms with van der Waals surface area (Å²) in [6, 6.07) is 21.6. The number of aromatic nitrogens is 1. The van der Waals surface area contributed by atoms with Crippen LogP contribution in [0.4, 0.5) is 5.69 Å². The zero-order valence-corrected chi connectivity index (χ0v) is 15.8. The van der Waals surface area contributed by atoms with E-state index < -0.39 is 0 Å². The van der Waals surface area contributed by atoms with Crippen molar-refractivity contribution in [3.8, 4) is 21.9 Å². The van der Waals surface area contributed by atoms with Crippen molar-refractivity contribution in [1.29, 1.82) is 0 Å². The molecule has 4 aromatic rings. The Kier molecular flexibility index (Phi) is 4.60. The predicted octanol–water partition coefficient (Wildman–Crippen LogP) is 5.94. The van der Waals surface area contributed by atoms with Crippen LogP contribution < -0.4 is 5.32 Å². The molecule has 0 aliphatic carbocycles. The van der Waals surface area contributed by atoms with Gasteiger partial charge in [0.05, 0.1) is 5.69 Å². The molecule has 2 heterocycles. The predicted molar refractivity (Wildman–Crippen MR) is 109 cm³/mol. The number of nitrogens with zero attached hydrogens (tertiary/aromatic N) is 1. The average molecular weight is 374 g/mol. The largest absolute Gasteiger partial charge is 0.459 e. The van der Waals surface area contributed by atoms with Gasteiger partial charge in [-0.15, -0.1) is 11.3 Å². The van der Waals surface area contributed by atoms with Gasteiger partial charge in [-0.1, -0.05) is 48.5 Å². The standard InChI is InChI=1S/C22H18N2O2S/c1-14-12-13-19(26-14)22-23-15(2)20(27-22)21(25)24-18-11-7-6-10-17(18)16-8-4-3-5-9-16/h3-13H,1-2H3,(H,24,25). The van der Waals surface area contributed by atoms with Gasteiger partial charge in [0.1, 0.15) is 10.6 Å². The summed E-state index contributed by atoms with van der Waals surface area (Å²) in [6.07, 6.45) is 0. The van der Waals surface area contributed by atoms with Gasteiger partial charge in [-0.25, -0.2) is 4.98 Å². The van der Waals surface area contributed by atoms with Crippen molar-refractivity contribution in [3.63, 3.8) is 0 Å². The van der Waals surface area contributed by atoms with Crippen molar-refractivity contribution in [2.24, 2.45) is 0 Å². The molecule has 0 fully saturated rings. The number of anilines is 1. The molecule has 2 aromatic carbocycles. The highest BCUT2D eigenvalue weighted by Crippen LogP contribution is 2.31. The van der Waals surface area contributed by atoms with E-state index in [1.165, 1.54) is 11.3 Å². The molecular weight excluding hydrogens is 356 g/mol. The summed E-state index contributed by atoms with van der Waals surface area (Å²) in [5, 5.41) is 3.75. The first kappa shape index (κ1) is 17.2. The summed E-state index contributed by atoms with van der Waals surface area (Å²) in [5.41, 5.74) is 3.51. The summed E-state index contributed by atoms with van der Waals surface area (Å²) < 4.78 is 5.63. The average Bonchev–Trinajstić information content (AvgIpc) is 3.28. The van der Waals surface area contributed by atoms with Gasteiger partial charge in [-0.05, 0) is 37.6 Å². The Balaban J connectivity index is 1.63. The maximum Gasteiger partial charge on any atom is 0.267 e. The van der Waals surface area contributed by atoms with Crippen LogP contribution in [0.1, 0.15) is 21.1 Å². The third-order valence-electron chi connectivity index (χ3n) is 4.21. The zero-order valence-electron chi connectivity index (χ0n) is 15.0. The molecule has 4 rings (SSSR count). The van der Waals surface area contributed by atoms with Crippen LogP contribution in [0.25, 0.3) is 21.9 Å². The molecule has 0 spiro atoms. The molecule has 0 saturated carbocycles. The number of furan rings is 1. The highest BCUT2D eigenvalue weighted by molar-refractivity contribution is 7.17. The van der Waals surface area contributed by atoms with Crippen LogP contribution in [0, 0.1) is 13.8 Å². The summed E-state index contributed by atoms with van der Waals surface area (Å²) in [4.78, 5) is 18.0. The molecule has 0 radical (unpaired) electrons. The van der Waals surface area contributed by atoms with Crippen molar-refractivity contribution in [1.82, 2.24) is 4.98 Å². The Bertz CT molecular complexity index is 1100. The Morgan fingerprint density at radius 3 is 2.44 bits per heavy atom. The molecule has 27 heavy (non-hydrogen) atoms. The number of benzene rings is 2. The minimum atomic E-state index is -0.164. The van der Waals surface area contributed by atoms with E-state index in [-0.39, 0.29) is 5.91 Å². The van der Waals surface area contributed by atoms with Gasteiger partial charge in [0, 0.05) is 11.3 Å². The number of hydrogen-bond acceptors (Lipinski definition) is 4. The second kappa shape index (κ2) is 7.21. The molecule has 1 amide bonds. The number of rotatable bonds is 4. The zero-order chi connectivity index (χ0) is 18.8. The quantitative estimate of drug-likeness (QED) is 0.481. The number of aryl methyl sites for hydroxylation is 2. The molecular formula is C22H18N2O2S. The Labute approximate surface area is 161 Å². The number of amides is 1. The lowest BCUT2D eigenvalue weighted by Gasteiger charge is -2.10. The molecule has 0 unspecified atom stereocenters. The van der Waals surface area contributed by atoms with Gasteiger partial charge < -0.3 is 9.73 Å². The Morgan fingerprint density at radius 1 is 0.963 bits per heavy atom. The number of nitrogens with one attached hydrogen (secondary N) is 1. The maximum atomic E-state index is 12.9. The van der Waals surface area contributed by atoms with Crippen LogP contribution in [0.3, 0.4) is 0 Å². The van der Waals surface area contributed by atoms with E-state index in [1.807, 2.05) is 80.6 Å². The lowest BCUT2D eigenvalue weighted by Crippen LogP contribution is -2.12. The summed E-state index contributed by atoms with van der Waals surface area (Å²) >= 11 is 1.34. The summed E-state index contributed by atoms with van der Waals surface area (Å²) in [7, 11) is 0. The Hall–Kier alpha value is -3.18. The highest BCUT2D eigenvalue weighted by Gasteiger charge is 2.19. The lowest BCUT2D eigenvalue weighted by atomic mass is 10.0. The number of hydrogen-bond donors (Lipinski definition) is 1. The van der Waals surface area contributed by atoms with E-state index in [0.29, 0.717) is 21.3 Å². The van der Waals surface area contributed by atoms with Gasteiger partial charge in [-0.3, -0.25) is 4.79 Å². The molecule has 0 aliphatic rings. The highest BCUT2D eigenvalue weighted by atomic mass is 32.1. The molecule has 0 aliphatic heterocycles. The topological polar surface area (TPSA) is 55.1 Å². The lowest BCUT2D eigenvalue weighted by molar-refractivity contribution is 0.103. The second-order valence-corrected chi connectivity index (χ2v) is 7.21. The van der Waals surface area contributed by atoms with E-state index in [2.05, 4.69) is 10.3 Å². The normalized spacial score (nSPS) is 10.7. The fraction of sp³-hybridized carbons (Fsp3) is 0.0909. The molecule has 4 nitrogen and oxygen atoms in total. The first-order chi connectivity index (χ1) is 13.1. The van der Waals surface area contributed by atoms with Crippen molar-refractivity contribution < 1.29 is 9.21 Å². The minimum Gasteiger partial charge on any atom is -0.459 e. The van der Waals surface area contributed by atoms with Gasteiger partial charge >= 0.3 is 0 Å². The van der Waals surface area contributed by atoms with Crippen LogP contribution >= 0.6 is 11.3 Å². The Morgan fingerprint density at radius 2 is 1.70 bits per heavy atom. The smallest absolute Gasteiger partial charge is 0.267 e. The minimum absolute atomic E-state index is 0.164. The fourth-order valence-corrected chi connectivity index (χ4v) is 3.83. The number of carbonyl (C=O) groups excluding carboxylic acids is 1. The van der Waals surface area contributed by atoms with E-state index in [4.69, 9.17) is 4.42 Å². The molecule has 0 bridgehead atoms. The van der Waals surface area contributed by atoms with Crippen molar-refractivity contribution in [2.75, 3.05) is 5.32 Å². The third-order valence-corrected chi connectivity index (χ3v) is 5.38. The molecule has 0 saturated heterocycles. The molecule has 2 aromatic heterocycles. The van der Waals surface area contributed by atoms with Crippen LogP contribution in [-0.2, 0) is 0 Å². The van der Waals surface area contributed by atoms with E-state index >= 15 is 0 Å². The first-order valence-electron chi connectivity index (χ1n) is 8.62. The molecule has 1 N–H and O–H groups in total. The molecule has 5 heteroatoms. The van der Waals surface area contributed by atoms with Crippen LogP contribution in [0.5, 0.6) is 0 Å². The summed E-state index contributed by atoms with van der Waals surface area (Å²) in [6.45, 7) is 3.73. The number of carbonyl (C=O) groups is 1. The maximum absolute atomic E-state index is 12.9. The van der Waals surface area contributed by atoms with E-state index in [0.717, 1.165) is 22.6 Å². The second-order valence-electron chi connectivity index (χ2n) is 6.21. The summed E-state index contributed by atoms with van der Waals surface area (Å²) in [5.74, 6) is 1.34. The third kappa shape index (κ3) is 3.55.